The smallest absolute Gasteiger partial charge is 0.119 e. The summed E-state index contributed by atoms with van der Waals surface area (Å²) in [5, 5.41) is 0. The van der Waals surface area contributed by atoms with Crippen LogP contribution in [0.4, 0.5) is 0 Å². The number of methoxy groups -OCH3 is 2. The van der Waals surface area contributed by atoms with Crippen molar-refractivity contribution in [2.45, 2.75) is 40.5 Å². The molecule has 0 radical (unpaired) electrons. The van der Waals surface area contributed by atoms with Crippen molar-refractivity contribution in [1.82, 2.24) is 0 Å². The van der Waals surface area contributed by atoms with Crippen molar-refractivity contribution in [1.29, 1.82) is 0 Å². The van der Waals surface area contributed by atoms with Gasteiger partial charge in [0.05, 0.1) is 14.2 Å². The van der Waals surface area contributed by atoms with E-state index in [0.29, 0.717) is 0 Å². The van der Waals surface area contributed by atoms with E-state index in [1.54, 1.807) is 14.2 Å². The lowest BCUT2D eigenvalue weighted by molar-refractivity contribution is 0.414. The highest BCUT2D eigenvalue weighted by molar-refractivity contribution is 6.00. The first-order valence-corrected chi connectivity index (χ1v) is 9.37. The Labute approximate surface area is 156 Å². The molecular formula is C24H28O2. The predicted molar refractivity (Wildman–Crippen MR) is 108 cm³/mol. The minimum absolute atomic E-state index is 0.103. The summed E-state index contributed by atoms with van der Waals surface area (Å²) in [6.45, 7) is 9.48. The van der Waals surface area contributed by atoms with E-state index in [0.717, 1.165) is 24.3 Å². The second-order valence-corrected chi connectivity index (χ2v) is 8.92. The van der Waals surface area contributed by atoms with Crippen LogP contribution in [0.5, 0.6) is 11.5 Å². The van der Waals surface area contributed by atoms with Gasteiger partial charge in [0.15, 0.2) is 0 Å². The first-order valence-electron chi connectivity index (χ1n) is 9.37. The van der Waals surface area contributed by atoms with Crippen LogP contribution in [-0.2, 0) is 12.8 Å². The van der Waals surface area contributed by atoms with Gasteiger partial charge in [-0.1, -0.05) is 39.8 Å². The Kier molecular flexibility index (Phi) is 3.73. The van der Waals surface area contributed by atoms with Gasteiger partial charge in [-0.3, -0.25) is 0 Å². The van der Waals surface area contributed by atoms with E-state index >= 15 is 0 Å². The standard InChI is InChI=1S/C24H28O2/c1-23(2)13-15-7-9-17(25-5)11-19(15)21(23)22-20-12-18(26-6)10-8-16(20)14-24(22,3)4/h7-12H,13-14H2,1-6H3/b22-21-. The van der Waals surface area contributed by atoms with Crippen molar-refractivity contribution in [2.75, 3.05) is 14.2 Å². The molecule has 0 aliphatic heterocycles. The maximum atomic E-state index is 5.53. The second kappa shape index (κ2) is 5.64. The first kappa shape index (κ1) is 17.2. The van der Waals surface area contributed by atoms with E-state index in [2.05, 4.69) is 64.1 Å². The lowest BCUT2D eigenvalue weighted by atomic mass is 9.74. The van der Waals surface area contributed by atoms with Gasteiger partial charge in [-0.15, -0.1) is 0 Å². The zero-order valence-electron chi connectivity index (χ0n) is 16.7. The van der Waals surface area contributed by atoms with Gasteiger partial charge in [-0.25, -0.2) is 0 Å². The highest BCUT2D eigenvalue weighted by Gasteiger charge is 2.43. The van der Waals surface area contributed by atoms with Crippen LogP contribution in [0.25, 0.3) is 11.1 Å². The Morgan fingerprint density at radius 1 is 0.654 bits per heavy atom. The van der Waals surface area contributed by atoms with Crippen LogP contribution in [0.3, 0.4) is 0 Å². The topological polar surface area (TPSA) is 18.5 Å². The molecule has 2 heteroatoms. The average molecular weight is 348 g/mol. The molecule has 0 spiro atoms. The molecule has 2 aliphatic rings. The molecule has 2 aromatic rings. The quantitative estimate of drug-likeness (QED) is 0.685. The fourth-order valence-corrected chi connectivity index (χ4v) is 4.94. The van der Waals surface area contributed by atoms with Crippen molar-refractivity contribution >= 4 is 11.1 Å². The summed E-state index contributed by atoms with van der Waals surface area (Å²) in [6, 6.07) is 13.1. The molecule has 2 aromatic carbocycles. The number of hydrogen-bond acceptors (Lipinski definition) is 2. The lowest BCUT2D eigenvalue weighted by Crippen LogP contribution is -2.17. The molecule has 0 bridgehead atoms. The summed E-state index contributed by atoms with van der Waals surface area (Å²) in [7, 11) is 3.49. The molecule has 2 nitrogen and oxygen atoms in total. The third kappa shape index (κ3) is 2.46. The Balaban J connectivity index is 2.05. The molecule has 2 aliphatic carbocycles. The molecule has 0 fully saturated rings. The predicted octanol–water partition coefficient (Wildman–Crippen LogP) is 5.78. The van der Waals surface area contributed by atoms with Crippen molar-refractivity contribution in [3.63, 3.8) is 0 Å². The van der Waals surface area contributed by atoms with E-state index in [-0.39, 0.29) is 10.8 Å². The van der Waals surface area contributed by atoms with Crippen LogP contribution in [-0.4, -0.2) is 14.2 Å². The molecule has 0 saturated carbocycles. The summed E-state index contributed by atoms with van der Waals surface area (Å²) in [6.07, 6.45) is 2.14. The molecule has 0 saturated heterocycles. The van der Waals surface area contributed by atoms with Crippen LogP contribution >= 0.6 is 0 Å². The van der Waals surface area contributed by atoms with Crippen LogP contribution in [0, 0.1) is 10.8 Å². The summed E-state index contributed by atoms with van der Waals surface area (Å²) < 4.78 is 11.1. The van der Waals surface area contributed by atoms with E-state index in [4.69, 9.17) is 9.47 Å². The second-order valence-electron chi connectivity index (χ2n) is 8.92. The number of benzene rings is 2. The molecule has 4 rings (SSSR count). The molecule has 0 heterocycles. The van der Waals surface area contributed by atoms with Crippen molar-refractivity contribution in [3.05, 3.63) is 58.7 Å². The van der Waals surface area contributed by atoms with Gasteiger partial charge in [0.25, 0.3) is 0 Å². The van der Waals surface area contributed by atoms with Gasteiger partial charge in [0.2, 0.25) is 0 Å². The third-order valence-corrected chi connectivity index (χ3v) is 6.04. The van der Waals surface area contributed by atoms with E-state index < -0.39 is 0 Å². The summed E-state index contributed by atoms with van der Waals surface area (Å²) in [5.41, 5.74) is 8.71. The average Bonchev–Trinajstić information content (AvgIpc) is 3.00. The van der Waals surface area contributed by atoms with Gasteiger partial charge in [0, 0.05) is 0 Å². The third-order valence-electron chi connectivity index (χ3n) is 6.04. The largest absolute Gasteiger partial charge is 0.497 e. The number of allylic oxidation sites excluding steroid dienone is 2. The van der Waals surface area contributed by atoms with Crippen molar-refractivity contribution in [3.8, 4) is 11.5 Å². The summed E-state index contributed by atoms with van der Waals surface area (Å²) in [5.74, 6) is 1.86. The number of fused-ring (bicyclic) bond motifs is 2. The minimum Gasteiger partial charge on any atom is -0.497 e. The van der Waals surface area contributed by atoms with Crippen molar-refractivity contribution in [2.24, 2.45) is 10.8 Å². The Hall–Kier alpha value is -2.22. The molecule has 26 heavy (non-hydrogen) atoms. The zero-order chi connectivity index (χ0) is 18.7. The highest BCUT2D eigenvalue weighted by atomic mass is 16.5. The highest BCUT2D eigenvalue weighted by Crippen LogP contribution is 2.58. The van der Waals surface area contributed by atoms with Gasteiger partial charge >= 0.3 is 0 Å². The molecule has 0 N–H and O–H groups in total. The zero-order valence-corrected chi connectivity index (χ0v) is 16.7. The van der Waals surface area contributed by atoms with Gasteiger partial charge < -0.3 is 9.47 Å². The van der Waals surface area contributed by atoms with Crippen LogP contribution < -0.4 is 9.47 Å². The fourth-order valence-electron chi connectivity index (χ4n) is 4.94. The van der Waals surface area contributed by atoms with Gasteiger partial charge in [-0.2, -0.15) is 0 Å². The normalized spacial score (nSPS) is 22.1. The van der Waals surface area contributed by atoms with Gasteiger partial charge in [-0.05, 0) is 81.3 Å². The van der Waals surface area contributed by atoms with E-state index in [1.165, 1.54) is 33.4 Å². The first-order chi connectivity index (χ1) is 12.3. The monoisotopic (exact) mass is 348 g/mol. The minimum atomic E-state index is 0.103. The fraction of sp³-hybridized carbons (Fsp3) is 0.417. The van der Waals surface area contributed by atoms with Crippen LogP contribution in [0.1, 0.15) is 49.9 Å². The Morgan fingerprint density at radius 2 is 1.04 bits per heavy atom. The molecular weight excluding hydrogens is 320 g/mol. The Morgan fingerprint density at radius 3 is 1.38 bits per heavy atom. The van der Waals surface area contributed by atoms with Crippen molar-refractivity contribution < 1.29 is 9.47 Å². The number of hydrogen-bond donors (Lipinski definition) is 0. The van der Waals surface area contributed by atoms with E-state index in [9.17, 15) is 0 Å². The lowest BCUT2D eigenvalue weighted by Gasteiger charge is -2.30. The summed E-state index contributed by atoms with van der Waals surface area (Å²) in [4.78, 5) is 0. The molecule has 136 valence electrons. The number of ether oxygens (including phenoxy) is 2. The van der Waals surface area contributed by atoms with Crippen LogP contribution in [0.2, 0.25) is 0 Å². The number of rotatable bonds is 2. The molecule has 0 atom stereocenters. The molecule has 0 aromatic heterocycles. The maximum absolute atomic E-state index is 5.53. The van der Waals surface area contributed by atoms with Gasteiger partial charge in [0.1, 0.15) is 11.5 Å². The SMILES string of the molecule is COc1ccc2c(c1)/C(=C1\c3cc(OC)ccc3CC1(C)C)C(C)(C)C2. The van der Waals surface area contributed by atoms with Crippen LogP contribution in [0.15, 0.2) is 36.4 Å². The molecule has 0 unspecified atom stereocenters. The maximum Gasteiger partial charge on any atom is 0.119 e. The Bertz CT molecular complexity index is 840. The molecule has 0 amide bonds. The van der Waals surface area contributed by atoms with E-state index in [1.807, 2.05) is 0 Å². The summed E-state index contributed by atoms with van der Waals surface area (Å²) >= 11 is 0.